The Kier molecular flexibility index (Phi) is 3.02. The van der Waals surface area contributed by atoms with E-state index in [4.69, 9.17) is 4.74 Å². The second-order valence-electron chi connectivity index (χ2n) is 4.61. The second kappa shape index (κ2) is 4.82. The van der Waals surface area contributed by atoms with Gasteiger partial charge in [0.15, 0.2) is 0 Å². The third-order valence-corrected chi connectivity index (χ3v) is 3.28. The van der Waals surface area contributed by atoms with Crippen LogP contribution in [-0.4, -0.2) is 29.6 Å². The molecule has 1 N–H and O–H groups in total. The molecular formula is C14H16N2O2. The Labute approximate surface area is 106 Å². The predicted octanol–water partition coefficient (Wildman–Crippen LogP) is 1.85. The van der Waals surface area contributed by atoms with E-state index < -0.39 is 0 Å². The molecule has 0 radical (unpaired) electrons. The van der Waals surface area contributed by atoms with Crippen molar-refractivity contribution in [1.82, 2.24) is 9.72 Å². The van der Waals surface area contributed by atoms with Gasteiger partial charge in [0, 0.05) is 31.1 Å². The lowest BCUT2D eigenvalue weighted by Crippen LogP contribution is -2.31. The van der Waals surface area contributed by atoms with Crippen LogP contribution in [0.5, 0.6) is 0 Å². The van der Waals surface area contributed by atoms with Crippen molar-refractivity contribution in [2.75, 3.05) is 13.2 Å². The molecule has 1 saturated heterocycles. The molecule has 0 bridgehead atoms. The molecule has 1 aliphatic heterocycles. The van der Waals surface area contributed by atoms with E-state index in [2.05, 4.69) is 5.32 Å². The van der Waals surface area contributed by atoms with Crippen molar-refractivity contribution in [3.63, 3.8) is 0 Å². The summed E-state index contributed by atoms with van der Waals surface area (Å²) in [6.45, 7) is 1.42. The van der Waals surface area contributed by atoms with Gasteiger partial charge in [-0.05, 0) is 31.0 Å². The van der Waals surface area contributed by atoms with Crippen molar-refractivity contribution in [3.8, 4) is 0 Å². The highest BCUT2D eigenvalue weighted by atomic mass is 16.5. The number of aromatic nitrogens is 1. The number of amides is 1. The highest BCUT2D eigenvalue weighted by Crippen LogP contribution is 2.12. The van der Waals surface area contributed by atoms with Crippen molar-refractivity contribution in [3.05, 3.63) is 42.2 Å². The first kappa shape index (κ1) is 11.3. The average Bonchev–Trinajstić information content (AvgIpc) is 3.04. The van der Waals surface area contributed by atoms with E-state index in [0.29, 0.717) is 12.1 Å². The van der Waals surface area contributed by atoms with E-state index in [1.54, 1.807) is 0 Å². The van der Waals surface area contributed by atoms with Crippen LogP contribution in [0.2, 0.25) is 0 Å². The predicted molar refractivity (Wildman–Crippen MR) is 68.7 cm³/mol. The summed E-state index contributed by atoms with van der Waals surface area (Å²) in [5.74, 6) is -0.0331. The topological polar surface area (TPSA) is 42.7 Å². The molecule has 0 aliphatic carbocycles. The number of fused-ring (bicyclic) bond motifs is 1. The minimum Gasteiger partial charge on any atom is -0.376 e. The molecule has 18 heavy (non-hydrogen) atoms. The molecule has 2 aromatic rings. The van der Waals surface area contributed by atoms with Gasteiger partial charge in [0.25, 0.3) is 5.91 Å². The summed E-state index contributed by atoms with van der Waals surface area (Å²) in [5.41, 5.74) is 1.72. The van der Waals surface area contributed by atoms with Crippen LogP contribution >= 0.6 is 0 Å². The molecule has 4 heteroatoms. The number of nitrogens with zero attached hydrogens (tertiary/aromatic N) is 1. The van der Waals surface area contributed by atoms with Gasteiger partial charge in [-0.3, -0.25) is 4.79 Å². The zero-order valence-electron chi connectivity index (χ0n) is 10.1. The standard InChI is InChI=1S/C14H16N2O2/c17-14(15-9-13-5-3-7-18-13)11-8-12-4-1-2-6-16(12)10-11/h1-2,4,6,8,10,13H,3,5,7,9H2,(H,15,17). The first-order valence-electron chi connectivity index (χ1n) is 6.29. The number of hydrogen-bond acceptors (Lipinski definition) is 2. The van der Waals surface area contributed by atoms with Crippen LogP contribution in [0.25, 0.3) is 5.52 Å². The largest absolute Gasteiger partial charge is 0.376 e. The van der Waals surface area contributed by atoms with Gasteiger partial charge < -0.3 is 14.5 Å². The lowest BCUT2D eigenvalue weighted by Gasteiger charge is -2.09. The van der Waals surface area contributed by atoms with E-state index in [1.165, 1.54) is 0 Å². The number of carbonyl (C=O) groups is 1. The average molecular weight is 244 g/mol. The van der Waals surface area contributed by atoms with Gasteiger partial charge in [-0.2, -0.15) is 0 Å². The number of carbonyl (C=O) groups excluding carboxylic acids is 1. The van der Waals surface area contributed by atoms with Gasteiger partial charge in [0.2, 0.25) is 0 Å². The highest BCUT2D eigenvalue weighted by molar-refractivity contribution is 5.95. The number of ether oxygens (including phenoxy) is 1. The van der Waals surface area contributed by atoms with Crippen LogP contribution in [0.4, 0.5) is 0 Å². The van der Waals surface area contributed by atoms with Gasteiger partial charge in [0.05, 0.1) is 11.7 Å². The van der Waals surface area contributed by atoms with Gasteiger partial charge in [0.1, 0.15) is 0 Å². The Hall–Kier alpha value is -1.81. The Morgan fingerprint density at radius 3 is 3.22 bits per heavy atom. The quantitative estimate of drug-likeness (QED) is 0.895. The smallest absolute Gasteiger partial charge is 0.252 e. The van der Waals surface area contributed by atoms with Gasteiger partial charge in [-0.1, -0.05) is 6.07 Å². The fraction of sp³-hybridized carbons (Fsp3) is 0.357. The minimum absolute atomic E-state index is 0.0331. The molecule has 3 rings (SSSR count). The summed E-state index contributed by atoms with van der Waals surface area (Å²) in [6.07, 6.45) is 6.10. The summed E-state index contributed by atoms with van der Waals surface area (Å²) >= 11 is 0. The summed E-state index contributed by atoms with van der Waals surface area (Å²) < 4.78 is 7.42. The van der Waals surface area contributed by atoms with E-state index >= 15 is 0 Å². The van der Waals surface area contributed by atoms with Crippen LogP contribution in [-0.2, 0) is 4.74 Å². The molecule has 1 amide bonds. The first-order chi connectivity index (χ1) is 8.83. The zero-order chi connectivity index (χ0) is 12.4. The van der Waals surface area contributed by atoms with Gasteiger partial charge >= 0.3 is 0 Å². The maximum atomic E-state index is 12.0. The number of pyridine rings is 1. The molecule has 94 valence electrons. The minimum atomic E-state index is -0.0331. The van der Waals surface area contributed by atoms with Crippen LogP contribution in [0.15, 0.2) is 36.7 Å². The van der Waals surface area contributed by atoms with Crippen molar-refractivity contribution in [1.29, 1.82) is 0 Å². The van der Waals surface area contributed by atoms with Crippen molar-refractivity contribution < 1.29 is 9.53 Å². The fourth-order valence-corrected chi connectivity index (χ4v) is 2.29. The highest BCUT2D eigenvalue weighted by Gasteiger charge is 2.17. The Bertz CT molecular complexity index is 523. The van der Waals surface area contributed by atoms with E-state index in [0.717, 1.165) is 25.0 Å². The monoisotopic (exact) mass is 244 g/mol. The van der Waals surface area contributed by atoms with Gasteiger partial charge in [-0.15, -0.1) is 0 Å². The summed E-state index contributed by atoms with van der Waals surface area (Å²) in [7, 11) is 0. The molecule has 3 heterocycles. The Morgan fingerprint density at radius 1 is 1.50 bits per heavy atom. The van der Waals surface area contributed by atoms with E-state index in [1.807, 2.05) is 41.1 Å². The second-order valence-corrected chi connectivity index (χ2v) is 4.61. The SMILES string of the molecule is O=C(NCC1CCCO1)c1cc2ccccn2c1. The third-order valence-electron chi connectivity index (χ3n) is 3.28. The third kappa shape index (κ3) is 2.24. The van der Waals surface area contributed by atoms with Crippen LogP contribution in [0.3, 0.4) is 0 Å². The Morgan fingerprint density at radius 2 is 2.44 bits per heavy atom. The molecular weight excluding hydrogens is 228 g/mol. The molecule has 0 saturated carbocycles. The molecule has 0 spiro atoms. The number of rotatable bonds is 3. The lowest BCUT2D eigenvalue weighted by molar-refractivity contribution is 0.0858. The molecule has 1 fully saturated rings. The molecule has 2 aromatic heterocycles. The zero-order valence-corrected chi connectivity index (χ0v) is 10.1. The van der Waals surface area contributed by atoms with E-state index in [-0.39, 0.29) is 12.0 Å². The molecule has 1 atom stereocenters. The van der Waals surface area contributed by atoms with Crippen LogP contribution < -0.4 is 5.32 Å². The molecule has 1 unspecified atom stereocenters. The summed E-state index contributed by atoms with van der Waals surface area (Å²) in [5, 5.41) is 2.92. The first-order valence-corrected chi connectivity index (χ1v) is 6.29. The van der Waals surface area contributed by atoms with Crippen LogP contribution in [0, 0.1) is 0 Å². The lowest BCUT2D eigenvalue weighted by atomic mass is 10.2. The molecule has 0 aromatic carbocycles. The summed E-state index contributed by atoms with van der Waals surface area (Å²) in [6, 6.07) is 7.78. The number of hydrogen-bond donors (Lipinski definition) is 1. The fourth-order valence-electron chi connectivity index (χ4n) is 2.29. The summed E-state index contributed by atoms with van der Waals surface area (Å²) in [4.78, 5) is 12.0. The van der Waals surface area contributed by atoms with Crippen LogP contribution in [0.1, 0.15) is 23.2 Å². The van der Waals surface area contributed by atoms with Crippen molar-refractivity contribution in [2.24, 2.45) is 0 Å². The normalized spacial score (nSPS) is 19.2. The van der Waals surface area contributed by atoms with Crippen molar-refractivity contribution in [2.45, 2.75) is 18.9 Å². The van der Waals surface area contributed by atoms with E-state index in [9.17, 15) is 4.79 Å². The maximum absolute atomic E-state index is 12.0. The molecule has 1 aliphatic rings. The van der Waals surface area contributed by atoms with Crippen molar-refractivity contribution >= 4 is 11.4 Å². The number of nitrogens with one attached hydrogen (secondary N) is 1. The Balaban J connectivity index is 1.67. The maximum Gasteiger partial charge on any atom is 0.252 e. The van der Waals surface area contributed by atoms with Gasteiger partial charge in [-0.25, -0.2) is 0 Å². The molecule has 4 nitrogen and oxygen atoms in total.